The highest BCUT2D eigenvalue weighted by molar-refractivity contribution is 14.1. The van der Waals surface area contributed by atoms with Crippen LogP contribution in [0.1, 0.15) is 31.4 Å². The van der Waals surface area contributed by atoms with Crippen molar-refractivity contribution in [1.82, 2.24) is 0 Å². The summed E-state index contributed by atoms with van der Waals surface area (Å²) in [6.45, 7) is 3.74. The number of aliphatic hydroxyl groups excluding tert-OH is 1. The minimum Gasteiger partial charge on any atom is -0.506 e. The lowest BCUT2D eigenvalue weighted by Gasteiger charge is -2.10. The van der Waals surface area contributed by atoms with E-state index in [0.29, 0.717) is 20.7 Å². The van der Waals surface area contributed by atoms with Crippen LogP contribution in [0, 0.1) is 3.57 Å². The van der Waals surface area contributed by atoms with Crippen LogP contribution in [0.15, 0.2) is 57.6 Å². The molecule has 0 unspecified atom stereocenters. The average molecular weight is 632 g/mol. The highest BCUT2D eigenvalue weighted by Crippen LogP contribution is 2.39. The molecule has 0 fully saturated rings. The first-order valence-corrected chi connectivity index (χ1v) is 12.9. The maximum atomic E-state index is 12.4. The van der Waals surface area contributed by atoms with Crippen LogP contribution in [-0.4, -0.2) is 28.6 Å². The first-order valence-electron chi connectivity index (χ1n) is 10.2. The number of hydrogen-bond donors (Lipinski definition) is 1. The Hall–Kier alpha value is -2.01. The number of hydrogen-bond acceptors (Lipinski definition) is 6. The van der Waals surface area contributed by atoms with Crippen molar-refractivity contribution in [1.29, 1.82) is 0 Å². The summed E-state index contributed by atoms with van der Waals surface area (Å²) in [4.78, 5) is 28.6. The lowest BCUT2D eigenvalue weighted by molar-refractivity contribution is -0.138. The van der Waals surface area contributed by atoms with Gasteiger partial charge in [-0.05, 0) is 65.4 Å². The second kappa shape index (κ2) is 12.1. The number of amides is 1. The van der Waals surface area contributed by atoms with Gasteiger partial charge in [-0.2, -0.15) is 0 Å². The molecular weight excluding hydrogens is 612 g/mol. The third kappa shape index (κ3) is 6.56. The van der Waals surface area contributed by atoms with Gasteiger partial charge in [0, 0.05) is 22.0 Å². The fourth-order valence-electron chi connectivity index (χ4n) is 2.85. The van der Waals surface area contributed by atoms with Crippen molar-refractivity contribution in [3.63, 3.8) is 0 Å². The van der Waals surface area contributed by atoms with E-state index in [1.165, 1.54) is 0 Å². The molecule has 0 radical (unpaired) electrons. The predicted octanol–water partition coefficient (Wildman–Crippen LogP) is 6.98. The van der Waals surface area contributed by atoms with Crippen LogP contribution in [0.2, 0.25) is 10.0 Å². The van der Waals surface area contributed by atoms with Gasteiger partial charge < -0.3 is 14.6 Å². The number of thioether (sulfide) groups is 1. The van der Waals surface area contributed by atoms with Crippen molar-refractivity contribution in [2.75, 3.05) is 6.61 Å². The maximum absolute atomic E-state index is 12.4. The van der Waals surface area contributed by atoms with E-state index in [9.17, 15) is 14.7 Å². The van der Waals surface area contributed by atoms with E-state index in [4.69, 9.17) is 32.7 Å². The normalized spacial score (nSPS) is 15.8. The molecular formula is C24H20Cl2INO5S. The summed E-state index contributed by atoms with van der Waals surface area (Å²) in [6, 6.07) is 10.7. The summed E-state index contributed by atoms with van der Waals surface area (Å²) in [7, 11) is 0. The number of nitrogens with zero attached hydrogens (tertiary/aromatic N) is 1. The van der Waals surface area contributed by atoms with Gasteiger partial charge in [-0.1, -0.05) is 54.0 Å². The molecule has 0 atom stereocenters. The average Bonchev–Trinajstić information content (AvgIpc) is 3.08. The number of halogens is 3. The monoisotopic (exact) mass is 631 g/mol. The molecule has 0 aliphatic carbocycles. The molecule has 2 aromatic rings. The second-order valence-electron chi connectivity index (χ2n) is 6.93. The Kier molecular flexibility index (Phi) is 9.47. The number of aliphatic hydroxyl groups is 1. The van der Waals surface area contributed by atoms with Crippen molar-refractivity contribution >= 4 is 80.6 Å². The zero-order chi connectivity index (χ0) is 24.8. The molecule has 1 aliphatic rings. The summed E-state index contributed by atoms with van der Waals surface area (Å²) in [6.07, 6.45) is 1.89. The van der Waals surface area contributed by atoms with E-state index in [1.807, 2.05) is 18.2 Å². The van der Waals surface area contributed by atoms with Crippen molar-refractivity contribution in [3.8, 4) is 5.75 Å². The van der Waals surface area contributed by atoms with Gasteiger partial charge in [0.1, 0.15) is 28.7 Å². The molecule has 178 valence electrons. The Morgan fingerprint density at radius 2 is 1.94 bits per heavy atom. The quantitative estimate of drug-likeness (QED) is 0.262. The Balaban J connectivity index is 1.84. The molecule has 3 rings (SSSR count). The van der Waals surface area contributed by atoms with Crippen LogP contribution in [0.3, 0.4) is 0 Å². The number of rotatable bonds is 7. The zero-order valence-electron chi connectivity index (χ0n) is 18.2. The molecule has 0 saturated carbocycles. The largest absolute Gasteiger partial charge is 0.506 e. The number of esters is 1. The molecule has 1 heterocycles. The lowest BCUT2D eigenvalue weighted by Crippen LogP contribution is -2.14. The van der Waals surface area contributed by atoms with Gasteiger partial charge in [0.15, 0.2) is 0 Å². The molecule has 1 N–H and O–H groups in total. The molecule has 0 aromatic heterocycles. The third-order valence-electron chi connectivity index (χ3n) is 4.55. The van der Waals surface area contributed by atoms with E-state index in [0.717, 1.165) is 26.5 Å². The molecule has 34 heavy (non-hydrogen) atoms. The second-order valence-corrected chi connectivity index (χ2v) is 9.97. The highest BCUT2D eigenvalue weighted by atomic mass is 127. The van der Waals surface area contributed by atoms with Gasteiger partial charge in [-0.3, -0.25) is 4.79 Å². The third-order valence-corrected chi connectivity index (χ3v) is 7.00. The molecule has 0 bridgehead atoms. The van der Waals surface area contributed by atoms with Gasteiger partial charge in [0.2, 0.25) is 5.91 Å². The van der Waals surface area contributed by atoms with Crippen molar-refractivity contribution in [2.24, 2.45) is 4.99 Å². The minimum atomic E-state index is -0.724. The van der Waals surface area contributed by atoms with Crippen molar-refractivity contribution in [3.05, 3.63) is 77.4 Å². The fourth-order valence-corrected chi connectivity index (χ4v) is 5.04. The van der Waals surface area contributed by atoms with Gasteiger partial charge >= 0.3 is 5.97 Å². The van der Waals surface area contributed by atoms with Crippen LogP contribution in [0.5, 0.6) is 5.75 Å². The number of benzene rings is 2. The molecule has 10 heteroatoms. The Morgan fingerprint density at radius 1 is 1.18 bits per heavy atom. The minimum absolute atomic E-state index is 0.102. The first kappa shape index (κ1) is 26.6. The van der Waals surface area contributed by atoms with Crippen LogP contribution < -0.4 is 4.74 Å². The number of carbonyl (C=O) groups is 2. The highest BCUT2D eigenvalue weighted by Gasteiger charge is 2.33. The Bertz CT molecular complexity index is 1230. The number of aliphatic imine (C=N–C) groups is 1. The molecule has 0 spiro atoms. The van der Waals surface area contributed by atoms with Crippen molar-refractivity contribution in [2.45, 2.75) is 26.9 Å². The van der Waals surface area contributed by atoms with Gasteiger partial charge in [0.05, 0.1) is 15.1 Å². The molecule has 0 saturated heterocycles. The summed E-state index contributed by atoms with van der Waals surface area (Å²) in [5.74, 6) is -0.720. The van der Waals surface area contributed by atoms with Gasteiger partial charge in [0.25, 0.3) is 0 Å². The summed E-state index contributed by atoms with van der Waals surface area (Å²) in [5, 5.41) is 11.9. The molecule has 6 nitrogen and oxygen atoms in total. The van der Waals surface area contributed by atoms with E-state index < -0.39 is 11.9 Å². The van der Waals surface area contributed by atoms with Crippen LogP contribution in [-0.2, 0) is 20.9 Å². The van der Waals surface area contributed by atoms with E-state index in [-0.39, 0.29) is 36.0 Å². The van der Waals surface area contributed by atoms with E-state index >= 15 is 0 Å². The van der Waals surface area contributed by atoms with E-state index in [1.54, 1.807) is 38.1 Å². The number of carbonyl (C=O) groups excluding carboxylic acids is 2. The van der Waals surface area contributed by atoms with Gasteiger partial charge in [-0.25, -0.2) is 9.79 Å². The summed E-state index contributed by atoms with van der Waals surface area (Å²) >= 11 is 15.3. The molecule has 1 aliphatic heterocycles. The molecule has 1 amide bonds. The predicted molar refractivity (Wildman–Crippen MR) is 145 cm³/mol. The lowest BCUT2D eigenvalue weighted by atomic mass is 10.1. The topological polar surface area (TPSA) is 85.2 Å². The summed E-state index contributed by atoms with van der Waals surface area (Å²) < 4.78 is 11.8. The SMILES string of the molecule is CCOC(=O)C1=C(O)/C(=C/c2ccc(OCc3ccc(Cl)cc3Cl)c(I)c2)SC1=NC(=O)CC. The van der Waals surface area contributed by atoms with Gasteiger partial charge in [-0.15, -0.1) is 0 Å². The van der Waals surface area contributed by atoms with Crippen LogP contribution in [0.4, 0.5) is 0 Å². The summed E-state index contributed by atoms with van der Waals surface area (Å²) in [5.41, 5.74) is 1.47. The Morgan fingerprint density at radius 3 is 2.59 bits per heavy atom. The smallest absolute Gasteiger partial charge is 0.344 e. The Labute approximate surface area is 225 Å². The first-order chi connectivity index (χ1) is 16.2. The number of ether oxygens (including phenoxy) is 2. The maximum Gasteiger partial charge on any atom is 0.344 e. The standard InChI is InChI=1S/C24H20Cl2INO5S/c1-3-20(29)28-23-21(24(31)32-4-2)22(30)19(34-23)10-13-5-8-18(17(27)9-13)33-12-14-6-7-15(25)11-16(14)26/h5-11,30H,3-4,12H2,1-2H3/b19-10-,28-23?. The van der Waals surface area contributed by atoms with Crippen LogP contribution >= 0.6 is 57.6 Å². The zero-order valence-corrected chi connectivity index (χ0v) is 22.7. The van der Waals surface area contributed by atoms with Crippen molar-refractivity contribution < 1.29 is 24.2 Å². The van der Waals surface area contributed by atoms with E-state index in [2.05, 4.69) is 27.6 Å². The molecule has 2 aromatic carbocycles. The fraction of sp³-hybridized carbons (Fsp3) is 0.208. The van der Waals surface area contributed by atoms with Crippen LogP contribution in [0.25, 0.3) is 6.08 Å².